The third kappa shape index (κ3) is 2.59. The zero-order valence-electron chi connectivity index (χ0n) is 10.7. The molecule has 0 aliphatic carbocycles. The van der Waals surface area contributed by atoms with Crippen LogP contribution in [0.3, 0.4) is 0 Å². The second-order valence-corrected chi connectivity index (χ2v) is 6.71. The molecule has 0 fully saturated rings. The molecule has 1 unspecified atom stereocenters. The Hall–Kier alpha value is -1.73. The number of hydrogen-bond acceptors (Lipinski definition) is 5. The molecule has 8 heteroatoms. The Labute approximate surface area is 121 Å². The summed E-state index contributed by atoms with van der Waals surface area (Å²) in [6, 6.07) is 6.27. The molecule has 1 aromatic carbocycles. The molecule has 1 heterocycles. The van der Waals surface area contributed by atoms with E-state index in [1.807, 2.05) is 4.72 Å². The van der Waals surface area contributed by atoms with Crippen LogP contribution in [-0.2, 0) is 25.2 Å². The summed E-state index contributed by atoms with van der Waals surface area (Å²) >= 11 is 5.77. The van der Waals surface area contributed by atoms with E-state index in [0.29, 0.717) is 10.6 Å². The molecule has 108 valence electrons. The highest BCUT2D eigenvalue weighted by molar-refractivity contribution is 7.88. The van der Waals surface area contributed by atoms with Gasteiger partial charge in [-0.05, 0) is 19.1 Å². The van der Waals surface area contributed by atoms with Crippen molar-refractivity contribution in [3.05, 3.63) is 46.5 Å². The smallest absolute Gasteiger partial charge is 0.250 e. The minimum atomic E-state index is -3.67. The zero-order valence-corrected chi connectivity index (χ0v) is 12.2. The van der Waals surface area contributed by atoms with Gasteiger partial charge in [0, 0.05) is 10.6 Å². The van der Waals surface area contributed by atoms with Crippen molar-refractivity contribution in [2.45, 2.75) is 12.5 Å². The summed E-state index contributed by atoms with van der Waals surface area (Å²) in [5.41, 5.74) is -1.05. The van der Waals surface area contributed by atoms with Crippen molar-refractivity contribution in [3.63, 3.8) is 0 Å². The van der Waals surface area contributed by atoms with Gasteiger partial charge >= 0.3 is 0 Å². The Bertz CT molecular complexity index is 695. The molecule has 1 aliphatic heterocycles. The Balaban J connectivity index is 2.38. The minimum absolute atomic E-state index is 0.448. The summed E-state index contributed by atoms with van der Waals surface area (Å²) < 4.78 is 29.6. The van der Waals surface area contributed by atoms with Gasteiger partial charge in [-0.25, -0.2) is 8.42 Å². The lowest BCUT2D eigenvalue weighted by molar-refractivity contribution is -0.131. The molecule has 0 amide bonds. The Morgan fingerprint density at radius 3 is 2.35 bits per heavy atom. The molecule has 0 bridgehead atoms. The molecule has 1 aliphatic rings. The summed E-state index contributed by atoms with van der Waals surface area (Å²) in [5, 5.41) is 10.2. The number of hydrogen-bond donors (Lipinski definition) is 2. The fourth-order valence-corrected chi connectivity index (χ4v) is 2.42. The molecule has 0 radical (unpaired) electrons. The lowest BCUT2D eigenvalue weighted by Gasteiger charge is -2.23. The van der Waals surface area contributed by atoms with Gasteiger partial charge in [0.15, 0.2) is 5.60 Å². The number of Topliss-reactive ketones (excluding diaryl/α,β-unsaturated/α-hetero) is 1. The van der Waals surface area contributed by atoms with E-state index in [2.05, 4.69) is 0 Å². The van der Waals surface area contributed by atoms with Crippen LogP contribution in [0.2, 0.25) is 5.02 Å². The predicted molar refractivity (Wildman–Crippen MR) is 72.5 cm³/mol. The number of ketones is 1. The molecular formula is C12H12ClNO5S. The van der Waals surface area contributed by atoms with E-state index in [1.54, 1.807) is 24.3 Å². The number of carbonyl (C=O) groups is 1. The van der Waals surface area contributed by atoms with Gasteiger partial charge in [0.2, 0.25) is 21.7 Å². The van der Waals surface area contributed by atoms with Crippen molar-refractivity contribution in [3.8, 4) is 0 Å². The van der Waals surface area contributed by atoms with Crippen molar-refractivity contribution < 1.29 is 23.1 Å². The summed E-state index contributed by atoms with van der Waals surface area (Å²) in [6.07, 6.45) is 0.888. The van der Waals surface area contributed by atoms with E-state index in [4.69, 9.17) is 16.3 Å². The number of carbonyl (C=O) groups excluding carboxylic acids is 1. The molecule has 0 spiro atoms. The maximum Gasteiger partial charge on any atom is 0.250 e. The molecule has 0 saturated heterocycles. The Morgan fingerprint density at radius 1 is 1.30 bits per heavy atom. The number of aliphatic hydroxyl groups excluding tert-OH is 1. The van der Waals surface area contributed by atoms with E-state index in [1.165, 1.54) is 6.92 Å². The first-order valence-electron chi connectivity index (χ1n) is 5.54. The van der Waals surface area contributed by atoms with Crippen LogP contribution in [0.5, 0.6) is 0 Å². The van der Waals surface area contributed by atoms with Gasteiger partial charge in [0.05, 0.1) is 6.26 Å². The maximum absolute atomic E-state index is 12.1. The molecule has 6 nitrogen and oxygen atoms in total. The molecular weight excluding hydrogens is 306 g/mol. The molecule has 1 aromatic rings. The predicted octanol–water partition coefficient (Wildman–Crippen LogP) is 1.43. The molecule has 0 aromatic heterocycles. The first kappa shape index (κ1) is 14.7. The second-order valence-electron chi connectivity index (χ2n) is 4.52. The van der Waals surface area contributed by atoms with Crippen LogP contribution in [-0.4, -0.2) is 25.6 Å². The van der Waals surface area contributed by atoms with Crippen LogP contribution in [0.25, 0.3) is 0 Å². The highest BCUT2D eigenvalue weighted by Crippen LogP contribution is 2.37. The standard InChI is InChI=1S/C12H12ClNO5S/c1-12(7-3-5-8(13)6-4-7)10(16)9(15)11(19-12)14-20(2,17)18/h3-6,14-15H,1-2H3. The second kappa shape index (κ2) is 4.68. The van der Waals surface area contributed by atoms with E-state index in [0.717, 1.165) is 6.26 Å². The largest absolute Gasteiger partial charge is 0.501 e. The van der Waals surface area contributed by atoms with Gasteiger partial charge in [-0.3, -0.25) is 9.52 Å². The molecule has 2 rings (SSSR count). The van der Waals surface area contributed by atoms with Crippen LogP contribution >= 0.6 is 11.6 Å². The van der Waals surface area contributed by atoms with Crippen molar-refractivity contribution in [1.82, 2.24) is 4.72 Å². The number of sulfonamides is 1. The topological polar surface area (TPSA) is 92.7 Å². The van der Waals surface area contributed by atoms with Crippen LogP contribution in [0.15, 0.2) is 35.9 Å². The van der Waals surface area contributed by atoms with Crippen LogP contribution in [0.1, 0.15) is 12.5 Å². The lowest BCUT2D eigenvalue weighted by Crippen LogP contribution is -2.32. The maximum atomic E-state index is 12.1. The summed E-state index contributed by atoms with van der Waals surface area (Å²) in [7, 11) is -3.67. The number of ether oxygens (including phenoxy) is 1. The molecule has 1 atom stereocenters. The summed E-state index contributed by atoms with van der Waals surface area (Å²) in [6.45, 7) is 1.44. The van der Waals surface area contributed by atoms with Crippen LogP contribution < -0.4 is 4.72 Å². The Morgan fingerprint density at radius 2 is 1.85 bits per heavy atom. The SMILES string of the molecule is CC1(c2ccc(Cl)cc2)OC(NS(C)(=O)=O)=C(O)C1=O. The van der Waals surface area contributed by atoms with Crippen molar-refractivity contribution in [1.29, 1.82) is 0 Å². The monoisotopic (exact) mass is 317 g/mol. The highest BCUT2D eigenvalue weighted by atomic mass is 35.5. The molecule has 20 heavy (non-hydrogen) atoms. The number of nitrogens with one attached hydrogen (secondary N) is 1. The quantitative estimate of drug-likeness (QED) is 0.879. The Kier molecular flexibility index (Phi) is 3.43. The zero-order chi connectivity index (χ0) is 15.1. The van der Waals surface area contributed by atoms with Gasteiger partial charge in [-0.2, -0.15) is 0 Å². The van der Waals surface area contributed by atoms with E-state index in [-0.39, 0.29) is 0 Å². The summed E-state index contributed by atoms with van der Waals surface area (Å²) in [5.74, 6) is -1.96. The molecule has 2 N–H and O–H groups in total. The van der Waals surface area contributed by atoms with Gasteiger partial charge in [-0.15, -0.1) is 0 Å². The fraction of sp³-hybridized carbons (Fsp3) is 0.250. The van der Waals surface area contributed by atoms with Gasteiger partial charge in [0.1, 0.15) is 0 Å². The average Bonchev–Trinajstić information content (AvgIpc) is 2.54. The van der Waals surface area contributed by atoms with Crippen LogP contribution in [0, 0.1) is 0 Å². The van der Waals surface area contributed by atoms with Crippen molar-refractivity contribution >= 4 is 27.4 Å². The van der Waals surface area contributed by atoms with Crippen LogP contribution in [0.4, 0.5) is 0 Å². The summed E-state index contributed by atoms with van der Waals surface area (Å²) in [4.78, 5) is 12.1. The van der Waals surface area contributed by atoms with Crippen molar-refractivity contribution in [2.75, 3.05) is 6.26 Å². The fourth-order valence-electron chi connectivity index (χ4n) is 1.82. The third-order valence-electron chi connectivity index (χ3n) is 2.84. The first-order chi connectivity index (χ1) is 9.13. The number of rotatable bonds is 3. The third-order valence-corrected chi connectivity index (χ3v) is 3.65. The van der Waals surface area contributed by atoms with Gasteiger partial charge in [-0.1, -0.05) is 23.7 Å². The number of benzene rings is 1. The van der Waals surface area contributed by atoms with Gasteiger partial charge in [0.25, 0.3) is 5.78 Å². The number of aliphatic hydroxyl groups is 1. The van der Waals surface area contributed by atoms with Crippen molar-refractivity contribution in [2.24, 2.45) is 0 Å². The average molecular weight is 318 g/mol. The van der Waals surface area contributed by atoms with E-state index in [9.17, 15) is 18.3 Å². The van der Waals surface area contributed by atoms with E-state index < -0.39 is 33.0 Å². The highest BCUT2D eigenvalue weighted by Gasteiger charge is 2.48. The number of halogens is 1. The van der Waals surface area contributed by atoms with Gasteiger partial charge < -0.3 is 9.84 Å². The normalized spacial score (nSPS) is 22.9. The lowest BCUT2D eigenvalue weighted by atomic mass is 9.92. The first-order valence-corrected chi connectivity index (χ1v) is 7.81. The minimum Gasteiger partial charge on any atom is -0.501 e. The van der Waals surface area contributed by atoms with E-state index >= 15 is 0 Å². The molecule has 0 saturated carbocycles.